The zero-order valence-electron chi connectivity index (χ0n) is 36.1. The van der Waals surface area contributed by atoms with Gasteiger partial charge in [0.15, 0.2) is 0 Å². The molecule has 5 unspecified atom stereocenters. The van der Waals surface area contributed by atoms with Crippen LogP contribution in [0.2, 0.25) is 0 Å². The predicted octanol–water partition coefficient (Wildman–Crippen LogP) is 9.59. The number of carbonyl (C=O) groups excluding carboxylic acids is 2. The van der Waals surface area contributed by atoms with Crippen molar-refractivity contribution in [2.75, 3.05) is 32.9 Å². The maximum Gasteiger partial charge on any atom is 0.280 e. The van der Waals surface area contributed by atoms with E-state index in [1.807, 2.05) is 0 Å². The van der Waals surface area contributed by atoms with Gasteiger partial charge in [0, 0.05) is 6.42 Å². The lowest BCUT2D eigenvalue weighted by Crippen LogP contribution is -2.65. The molecule has 0 aromatic heterocycles. The lowest BCUT2D eigenvalue weighted by atomic mass is 9.37. The molecule has 9 atom stereocenters. The number of carbonyl (C=O) groups is 2. The van der Waals surface area contributed by atoms with Gasteiger partial charge in [0.2, 0.25) is 11.8 Å². The van der Waals surface area contributed by atoms with Gasteiger partial charge in [-0.2, -0.15) is 0 Å². The number of hydrogen-bond donors (Lipinski definition) is 4. The molecule has 2 amide bonds. The van der Waals surface area contributed by atoms with Crippen LogP contribution < -0.4 is 21.3 Å². The van der Waals surface area contributed by atoms with Crippen molar-refractivity contribution in [3.8, 4) is 0 Å². The highest BCUT2D eigenvalue weighted by atomic mass is 19.3. The second-order valence-electron chi connectivity index (χ2n) is 21.7. The van der Waals surface area contributed by atoms with Gasteiger partial charge in [0.05, 0.1) is 37.3 Å². The first-order valence-electron chi connectivity index (χ1n) is 23.6. The Labute approximate surface area is 359 Å². The highest BCUT2D eigenvalue weighted by Gasteiger charge is 2.66. The molecule has 6 aliphatic carbocycles. The number of fused-ring (bicyclic) bond motifs is 2. The Hall–Kier alpha value is -3.05. The van der Waals surface area contributed by atoms with Gasteiger partial charge in [0.1, 0.15) is 0 Å². The van der Waals surface area contributed by atoms with E-state index in [4.69, 9.17) is 0 Å². The Kier molecular flexibility index (Phi) is 11.3. The van der Waals surface area contributed by atoms with Crippen molar-refractivity contribution in [3.63, 3.8) is 0 Å². The van der Waals surface area contributed by atoms with Crippen LogP contribution >= 0.6 is 0 Å². The van der Waals surface area contributed by atoms with Crippen molar-refractivity contribution in [1.29, 1.82) is 0 Å². The third-order valence-electron chi connectivity index (χ3n) is 17.5. The molecule has 61 heavy (non-hydrogen) atoms. The lowest BCUT2D eigenvalue weighted by Gasteiger charge is -2.66. The summed E-state index contributed by atoms with van der Waals surface area (Å²) in [5.41, 5.74) is 1.65. The lowest BCUT2D eigenvalue weighted by molar-refractivity contribution is -0.168. The minimum absolute atomic E-state index is 0.0714. The van der Waals surface area contributed by atoms with Gasteiger partial charge in [-0.15, -0.1) is 0 Å². The number of halogens is 5. The molecule has 8 aliphatic rings. The molecular weight excluding hydrogens is 784 g/mol. The topological polar surface area (TPSA) is 82.3 Å². The van der Waals surface area contributed by atoms with Crippen molar-refractivity contribution < 1.29 is 31.5 Å². The maximum absolute atomic E-state index is 15.1. The smallest absolute Gasteiger partial charge is 0.280 e. The Bertz CT molecular complexity index is 1930. The van der Waals surface area contributed by atoms with E-state index in [1.54, 1.807) is 0 Å². The number of alkyl halides is 5. The number of hydrogen-bond acceptors (Lipinski definition) is 4. The van der Waals surface area contributed by atoms with Crippen LogP contribution in [-0.4, -0.2) is 68.6 Å². The van der Waals surface area contributed by atoms with Crippen molar-refractivity contribution in [2.24, 2.45) is 22.2 Å². The van der Waals surface area contributed by atoms with E-state index in [-0.39, 0.29) is 58.7 Å². The molecule has 8 fully saturated rings. The fraction of sp³-hybridized carbons (Fsp3) is 0.720. The normalized spacial score (nSPS) is 39.7. The SMILES string of the molecule is CCC[C@@]12CCC[C@@](c3ccccc3)(CC(CCC(=O)NC3CCNCC3(F)F)(c3ccc([C@]45CC6CC(C(=O)NC7CCNCC7(F)F)(C[C@](CCF)(C6)C4)C5)cc3)C1)C2. The predicted molar refractivity (Wildman–Crippen MR) is 228 cm³/mol. The van der Waals surface area contributed by atoms with Gasteiger partial charge in [-0.3, -0.25) is 14.0 Å². The van der Waals surface area contributed by atoms with Crippen LogP contribution in [0.3, 0.4) is 0 Å². The summed E-state index contributed by atoms with van der Waals surface area (Å²) in [5, 5.41) is 11.1. The van der Waals surface area contributed by atoms with E-state index in [0.717, 1.165) is 76.2 Å². The molecule has 6 saturated carbocycles. The summed E-state index contributed by atoms with van der Waals surface area (Å²) >= 11 is 0. The third-order valence-corrected chi connectivity index (χ3v) is 17.5. The molecule has 2 aliphatic heterocycles. The van der Waals surface area contributed by atoms with Gasteiger partial charge in [-0.25, -0.2) is 17.6 Å². The Morgan fingerprint density at radius 1 is 0.672 bits per heavy atom. The van der Waals surface area contributed by atoms with Crippen molar-refractivity contribution in [3.05, 3.63) is 71.3 Å². The van der Waals surface area contributed by atoms with Crippen LogP contribution in [0, 0.1) is 22.2 Å². The minimum Gasteiger partial charge on any atom is -0.347 e. The summed E-state index contributed by atoms with van der Waals surface area (Å²) in [6, 6.07) is 17.4. The van der Waals surface area contributed by atoms with E-state index in [2.05, 4.69) is 82.8 Å². The number of benzene rings is 2. The van der Waals surface area contributed by atoms with Crippen LogP contribution in [0.1, 0.15) is 146 Å². The maximum atomic E-state index is 15.1. The van der Waals surface area contributed by atoms with Crippen LogP contribution in [0.15, 0.2) is 54.6 Å². The molecule has 4 N–H and O–H groups in total. The molecular formula is C50H67F5N4O2. The van der Waals surface area contributed by atoms with E-state index in [1.165, 1.54) is 11.1 Å². The zero-order valence-corrected chi connectivity index (χ0v) is 36.1. The van der Waals surface area contributed by atoms with Crippen molar-refractivity contribution in [1.82, 2.24) is 21.3 Å². The quantitative estimate of drug-likeness (QED) is 0.152. The highest BCUT2D eigenvalue weighted by molar-refractivity contribution is 5.84. The van der Waals surface area contributed by atoms with Gasteiger partial charge < -0.3 is 21.3 Å². The standard InChI is InChI=1S/C50H67F5N4O2/c1-2-16-43-17-6-18-45(27-43,36-7-4-3-5-8-36)31-46(28-43,19-13-41(60)58-39-14-22-56-33-49(39,52)53)37-9-11-38(12-10-37)47-25-35-24-44(29-47,20-21-51)30-48(26-35,32-47)42(61)59-40-15-23-57-34-50(40,54)55/h3-5,7-12,35,39-40,56-57H,2,6,13-34H2,1H3,(H,58,60)(H,59,61)/t35?,39?,40?,43-,44+,45-,46?,47+,48?/m0/s1. The number of nitrogens with one attached hydrogen (secondary N) is 4. The summed E-state index contributed by atoms with van der Waals surface area (Å²) in [6.07, 6.45) is 14.1. The molecule has 6 bridgehead atoms. The fourth-order valence-corrected chi connectivity index (χ4v) is 15.8. The summed E-state index contributed by atoms with van der Waals surface area (Å²) in [5.74, 6) is -6.45. The molecule has 2 aromatic rings. The van der Waals surface area contributed by atoms with Crippen LogP contribution in [0.4, 0.5) is 22.0 Å². The molecule has 0 spiro atoms. The summed E-state index contributed by atoms with van der Waals surface area (Å²) in [6.45, 7) is 1.75. The number of amides is 2. The summed E-state index contributed by atoms with van der Waals surface area (Å²) < 4.78 is 74.5. The monoisotopic (exact) mass is 851 g/mol. The largest absolute Gasteiger partial charge is 0.347 e. The average molecular weight is 851 g/mol. The van der Waals surface area contributed by atoms with Crippen molar-refractivity contribution in [2.45, 2.75) is 169 Å². The minimum atomic E-state index is -3.04. The third kappa shape index (κ3) is 7.86. The summed E-state index contributed by atoms with van der Waals surface area (Å²) in [7, 11) is 0. The van der Waals surface area contributed by atoms with Gasteiger partial charge in [-0.05, 0) is 166 Å². The summed E-state index contributed by atoms with van der Waals surface area (Å²) in [4.78, 5) is 28.2. The van der Waals surface area contributed by atoms with E-state index in [0.29, 0.717) is 45.2 Å². The first-order valence-corrected chi connectivity index (χ1v) is 23.6. The van der Waals surface area contributed by atoms with Crippen molar-refractivity contribution >= 4 is 11.8 Å². The average Bonchev–Trinajstić information content (AvgIpc) is 3.21. The van der Waals surface area contributed by atoms with E-state index < -0.39 is 54.5 Å². The first-order chi connectivity index (χ1) is 29.1. The van der Waals surface area contributed by atoms with Crippen LogP contribution in [0.5, 0.6) is 0 Å². The molecule has 334 valence electrons. The fourth-order valence-electron chi connectivity index (χ4n) is 15.8. The number of piperidine rings is 2. The van der Waals surface area contributed by atoms with Crippen LogP contribution in [0.25, 0.3) is 0 Å². The zero-order chi connectivity index (χ0) is 42.8. The molecule has 6 nitrogen and oxygen atoms in total. The van der Waals surface area contributed by atoms with Gasteiger partial charge in [-0.1, -0.05) is 74.4 Å². The van der Waals surface area contributed by atoms with Crippen LogP contribution in [-0.2, 0) is 25.8 Å². The van der Waals surface area contributed by atoms with Gasteiger partial charge >= 0.3 is 0 Å². The second kappa shape index (κ2) is 15.9. The molecule has 2 saturated heterocycles. The molecule has 2 aromatic carbocycles. The Balaban J connectivity index is 1.07. The Morgan fingerprint density at radius 3 is 2.00 bits per heavy atom. The molecule has 11 heteroatoms. The molecule has 10 rings (SSSR count). The van der Waals surface area contributed by atoms with E-state index >= 15 is 8.78 Å². The first kappa shape index (κ1) is 43.2. The second-order valence-corrected chi connectivity index (χ2v) is 21.7. The van der Waals surface area contributed by atoms with E-state index in [9.17, 15) is 22.8 Å². The molecule has 2 heterocycles. The Morgan fingerprint density at radius 2 is 1.33 bits per heavy atom. The van der Waals surface area contributed by atoms with Gasteiger partial charge in [0.25, 0.3) is 11.8 Å². The number of rotatable bonds is 13. The highest BCUT2D eigenvalue weighted by Crippen LogP contribution is 2.71. The molecule has 0 radical (unpaired) electrons.